The van der Waals surface area contributed by atoms with Gasteiger partial charge in [0.2, 0.25) is 0 Å². The maximum atomic E-state index is 12.9. The highest BCUT2D eigenvalue weighted by molar-refractivity contribution is 5.95. The first-order valence-corrected chi connectivity index (χ1v) is 8.76. The van der Waals surface area contributed by atoms with Crippen molar-refractivity contribution in [3.05, 3.63) is 52.3 Å². The lowest BCUT2D eigenvalue weighted by Crippen LogP contribution is -2.26. The van der Waals surface area contributed by atoms with E-state index < -0.39 is 11.9 Å². The molecule has 0 spiro atoms. The van der Waals surface area contributed by atoms with Crippen LogP contribution in [0, 0.1) is 13.8 Å². The van der Waals surface area contributed by atoms with Crippen molar-refractivity contribution >= 4 is 5.91 Å². The molecule has 0 bridgehead atoms. The third-order valence-corrected chi connectivity index (χ3v) is 4.57. The molecule has 0 aliphatic heterocycles. The largest absolute Gasteiger partial charge is 0.435 e. The van der Waals surface area contributed by atoms with Crippen molar-refractivity contribution in [3.63, 3.8) is 0 Å². The number of nitrogens with zero attached hydrogens (tertiary/aromatic N) is 2. The third-order valence-electron chi connectivity index (χ3n) is 4.57. The highest BCUT2D eigenvalue weighted by atomic mass is 19.4. The Morgan fingerprint density at radius 3 is 2.65 bits per heavy atom. The smallest absolute Gasteiger partial charge is 0.352 e. The monoisotopic (exact) mass is 365 g/mol. The Hall–Kier alpha value is -2.31. The average molecular weight is 365 g/mol. The fraction of sp³-hybridized carbons (Fsp3) is 0.474. The van der Waals surface area contributed by atoms with E-state index in [0.717, 1.165) is 30.0 Å². The minimum atomic E-state index is -4.42. The highest BCUT2D eigenvalue weighted by Crippen LogP contribution is 2.42. The Bertz CT molecular complexity index is 807. The van der Waals surface area contributed by atoms with Crippen molar-refractivity contribution in [1.29, 1.82) is 0 Å². The van der Waals surface area contributed by atoms with Crippen LogP contribution < -0.4 is 5.32 Å². The van der Waals surface area contributed by atoms with E-state index in [9.17, 15) is 18.0 Å². The molecule has 1 aromatic heterocycles. The number of halogens is 3. The van der Waals surface area contributed by atoms with Crippen LogP contribution in [0.5, 0.6) is 0 Å². The summed E-state index contributed by atoms with van der Waals surface area (Å²) >= 11 is 0. The lowest BCUT2D eigenvalue weighted by atomic mass is 10.1. The second-order valence-electron chi connectivity index (χ2n) is 6.88. The first kappa shape index (κ1) is 18.5. The molecule has 2 aromatic rings. The molecule has 1 amide bonds. The van der Waals surface area contributed by atoms with Gasteiger partial charge in [-0.1, -0.05) is 17.7 Å². The third kappa shape index (κ3) is 4.26. The number of alkyl halides is 3. The molecule has 1 fully saturated rings. The van der Waals surface area contributed by atoms with Crippen molar-refractivity contribution < 1.29 is 18.0 Å². The predicted molar refractivity (Wildman–Crippen MR) is 92.1 cm³/mol. The molecule has 0 radical (unpaired) electrons. The van der Waals surface area contributed by atoms with Gasteiger partial charge in [-0.3, -0.25) is 9.48 Å². The molecule has 0 saturated heterocycles. The van der Waals surface area contributed by atoms with Gasteiger partial charge in [0, 0.05) is 30.3 Å². The molecule has 0 atom stereocenters. The van der Waals surface area contributed by atoms with E-state index in [4.69, 9.17) is 0 Å². The molecule has 1 aliphatic carbocycles. The van der Waals surface area contributed by atoms with Gasteiger partial charge in [-0.05, 0) is 50.8 Å². The van der Waals surface area contributed by atoms with E-state index in [2.05, 4.69) is 10.4 Å². The number of nitrogens with one attached hydrogen (secondary N) is 1. The summed E-state index contributed by atoms with van der Waals surface area (Å²) in [6, 6.07) is 6.83. The molecule has 1 aromatic carbocycles. The van der Waals surface area contributed by atoms with Crippen LogP contribution >= 0.6 is 0 Å². The maximum Gasteiger partial charge on any atom is 0.435 e. The van der Waals surface area contributed by atoms with Crippen molar-refractivity contribution in [2.45, 2.75) is 51.7 Å². The lowest BCUT2D eigenvalue weighted by molar-refractivity contribution is -0.141. The van der Waals surface area contributed by atoms with Crippen LogP contribution in [-0.2, 0) is 12.7 Å². The molecule has 0 unspecified atom stereocenters. The van der Waals surface area contributed by atoms with Crippen molar-refractivity contribution in [2.24, 2.45) is 0 Å². The summed E-state index contributed by atoms with van der Waals surface area (Å²) in [6.45, 7) is 4.54. The molecule has 1 aliphatic rings. The van der Waals surface area contributed by atoms with Gasteiger partial charge in [0.25, 0.3) is 5.91 Å². The molecular formula is C19H22F3N3O. The number of aromatic nitrogens is 2. The first-order valence-electron chi connectivity index (χ1n) is 8.76. The Morgan fingerprint density at radius 2 is 2.00 bits per heavy atom. The number of hydrogen-bond donors (Lipinski definition) is 1. The molecule has 26 heavy (non-hydrogen) atoms. The van der Waals surface area contributed by atoms with Gasteiger partial charge in [-0.15, -0.1) is 0 Å². The average Bonchev–Trinajstić information content (AvgIpc) is 3.32. The molecule has 7 heteroatoms. The van der Waals surface area contributed by atoms with Gasteiger partial charge >= 0.3 is 6.18 Å². The summed E-state index contributed by atoms with van der Waals surface area (Å²) < 4.78 is 40.1. The number of carbonyl (C=O) groups is 1. The number of carbonyl (C=O) groups excluding carboxylic acids is 1. The lowest BCUT2D eigenvalue weighted by Gasteiger charge is -2.10. The van der Waals surface area contributed by atoms with E-state index in [1.807, 2.05) is 32.0 Å². The van der Waals surface area contributed by atoms with Gasteiger partial charge in [0.15, 0.2) is 5.69 Å². The molecule has 140 valence electrons. The number of aryl methyl sites for hydroxylation is 3. The highest BCUT2D eigenvalue weighted by Gasteiger charge is 2.37. The van der Waals surface area contributed by atoms with E-state index in [1.54, 1.807) is 0 Å². The minimum absolute atomic E-state index is 0.162. The molecule has 1 N–H and O–H groups in total. The minimum Gasteiger partial charge on any atom is -0.352 e. The zero-order chi connectivity index (χ0) is 18.9. The molecule has 4 nitrogen and oxygen atoms in total. The number of rotatable bonds is 6. The number of amides is 1. The normalized spacial score (nSPS) is 14.5. The van der Waals surface area contributed by atoms with Crippen molar-refractivity contribution in [2.75, 3.05) is 6.54 Å². The molecule has 3 rings (SSSR count). The van der Waals surface area contributed by atoms with Crippen molar-refractivity contribution in [1.82, 2.24) is 15.1 Å². The summed E-state index contributed by atoms with van der Waals surface area (Å²) in [7, 11) is 0. The first-order chi connectivity index (χ1) is 12.3. The second kappa shape index (κ2) is 7.13. The van der Waals surface area contributed by atoms with E-state index >= 15 is 0 Å². The molecular weight excluding hydrogens is 343 g/mol. The van der Waals surface area contributed by atoms with Crippen LogP contribution in [0.2, 0.25) is 0 Å². The Kier molecular flexibility index (Phi) is 5.07. The van der Waals surface area contributed by atoms with Crippen molar-refractivity contribution in [3.8, 4) is 0 Å². The zero-order valence-electron chi connectivity index (χ0n) is 14.9. The summed E-state index contributed by atoms with van der Waals surface area (Å²) in [6.07, 6.45) is -2.08. The summed E-state index contributed by atoms with van der Waals surface area (Å²) in [5.74, 6) is 0.0215. The number of benzene rings is 1. The van der Waals surface area contributed by atoms with Gasteiger partial charge in [-0.2, -0.15) is 18.3 Å². The summed E-state index contributed by atoms with van der Waals surface area (Å²) in [5.41, 5.74) is 2.34. The van der Waals surface area contributed by atoms with Crippen LogP contribution in [0.3, 0.4) is 0 Å². The van der Waals surface area contributed by atoms with Crippen LogP contribution in [0.25, 0.3) is 0 Å². The predicted octanol–water partition coefficient (Wildman–Crippen LogP) is 4.22. The topological polar surface area (TPSA) is 46.9 Å². The van der Waals surface area contributed by atoms with Crippen LogP contribution in [-0.4, -0.2) is 22.2 Å². The quantitative estimate of drug-likeness (QED) is 0.780. The fourth-order valence-corrected chi connectivity index (χ4v) is 2.96. The van der Waals surface area contributed by atoms with E-state index in [-0.39, 0.29) is 11.8 Å². The SMILES string of the molecule is Cc1ccc(C)c(C(=O)NCCCn2nc(C(F)(F)F)cc2C2CC2)c1. The zero-order valence-corrected chi connectivity index (χ0v) is 14.9. The van der Waals surface area contributed by atoms with Crippen LogP contribution in [0.4, 0.5) is 13.2 Å². The van der Waals surface area contributed by atoms with Crippen LogP contribution in [0.15, 0.2) is 24.3 Å². The van der Waals surface area contributed by atoms with E-state index in [1.165, 1.54) is 4.68 Å². The Morgan fingerprint density at radius 1 is 1.27 bits per heavy atom. The molecule has 1 saturated carbocycles. The Balaban J connectivity index is 1.57. The molecule has 1 heterocycles. The van der Waals surface area contributed by atoms with Crippen LogP contribution in [0.1, 0.15) is 58.1 Å². The van der Waals surface area contributed by atoms with Gasteiger partial charge in [0.05, 0.1) is 0 Å². The fourth-order valence-electron chi connectivity index (χ4n) is 2.96. The standard InChI is InChI=1S/C19H22F3N3O/c1-12-4-5-13(2)15(10-12)18(26)23-8-3-9-25-16(14-6-7-14)11-17(24-25)19(20,21)22/h4-5,10-11,14H,3,6-9H2,1-2H3,(H,23,26). The summed E-state index contributed by atoms with van der Waals surface area (Å²) in [4.78, 5) is 12.3. The van der Waals surface area contributed by atoms with Gasteiger partial charge in [0.1, 0.15) is 0 Å². The summed E-state index contributed by atoms with van der Waals surface area (Å²) in [5, 5.41) is 6.56. The second-order valence-corrected chi connectivity index (χ2v) is 6.88. The van der Waals surface area contributed by atoms with Gasteiger partial charge < -0.3 is 5.32 Å². The maximum absolute atomic E-state index is 12.9. The van der Waals surface area contributed by atoms with E-state index in [0.29, 0.717) is 30.8 Å². The Labute approximate surface area is 150 Å². The van der Waals surface area contributed by atoms with Gasteiger partial charge in [-0.25, -0.2) is 0 Å². The number of hydrogen-bond acceptors (Lipinski definition) is 2.